The van der Waals surface area contributed by atoms with E-state index in [2.05, 4.69) is 6.92 Å². The third-order valence-corrected chi connectivity index (χ3v) is 2.23. The molecule has 0 saturated carbocycles. The minimum atomic E-state index is 0.514. The number of nitrogens with two attached hydrogens (primary N) is 1. The molecule has 1 nitrogen and oxygen atoms in total. The molecule has 60 valence electrons. The molecule has 0 unspecified atom stereocenters. The Labute approximate surface area is 72.2 Å². The molecule has 0 fully saturated rings. The van der Waals surface area contributed by atoms with Gasteiger partial charge in [0.15, 0.2) is 0 Å². The second-order valence-electron chi connectivity index (χ2n) is 2.73. The van der Waals surface area contributed by atoms with E-state index in [0.29, 0.717) is 6.54 Å². The molecule has 0 spiro atoms. The lowest BCUT2D eigenvalue weighted by Gasteiger charge is -2.05. The highest BCUT2D eigenvalue weighted by Gasteiger charge is 2.00. The average molecular weight is 170 g/mol. The Morgan fingerprint density at radius 2 is 1.82 bits per heavy atom. The van der Waals surface area contributed by atoms with Crippen molar-refractivity contribution in [2.24, 2.45) is 5.73 Å². The minimum Gasteiger partial charge on any atom is -0.326 e. The van der Waals surface area contributed by atoms with E-state index >= 15 is 0 Å². The van der Waals surface area contributed by atoms with Crippen LogP contribution < -0.4 is 5.73 Å². The van der Waals surface area contributed by atoms with Gasteiger partial charge in [0.05, 0.1) is 0 Å². The predicted octanol–water partition coefficient (Wildman–Crippen LogP) is 2.42. The van der Waals surface area contributed by atoms with Crippen LogP contribution in [0.1, 0.15) is 16.7 Å². The maximum Gasteiger partial charge on any atom is 0.0453 e. The summed E-state index contributed by atoms with van der Waals surface area (Å²) in [5.41, 5.74) is 8.97. The van der Waals surface area contributed by atoms with Gasteiger partial charge in [-0.3, -0.25) is 0 Å². The Morgan fingerprint density at radius 3 is 2.36 bits per heavy atom. The van der Waals surface area contributed by atoms with Gasteiger partial charge in [-0.15, -0.1) is 0 Å². The summed E-state index contributed by atoms with van der Waals surface area (Å²) in [6, 6.07) is 4.00. The third kappa shape index (κ3) is 1.73. The van der Waals surface area contributed by atoms with Crippen LogP contribution in [0.4, 0.5) is 0 Å². The van der Waals surface area contributed by atoms with Crippen molar-refractivity contribution < 1.29 is 0 Å². The molecule has 0 heterocycles. The Balaban J connectivity index is 3.21. The number of halogens is 1. The van der Waals surface area contributed by atoms with Gasteiger partial charge < -0.3 is 5.73 Å². The molecule has 1 aromatic rings. The van der Waals surface area contributed by atoms with Gasteiger partial charge in [0.1, 0.15) is 0 Å². The monoisotopic (exact) mass is 169 g/mol. The van der Waals surface area contributed by atoms with Crippen LogP contribution in [-0.2, 0) is 6.54 Å². The predicted molar refractivity (Wildman–Crippen MR) is 48.8 cm³/mol. The Hall–Kier alpha value is -0.530. The smallest absolute Gasteiger partial charge is 0.0453 e. The van der Waals surface area contributed by atoms with E-state index in [0.717, 1.165) is 10.6 Å². The molecule has 2 N–H and O–H groups in total. The van der Waals surface area contributed by atoms with Gasteiger partial charge in [-0.1, -0.05) is 17.7 Å². The molecule has 0 aliphatic heterocycles. The van der Waals surface area contributed by atoms with Crippen molar-refractivity contribution in [3.05, 3.63) is 33.8 Å². The quantitative estimate of drug-likeness (QED) is 0.687. The number of benzene rings is 1. The summed E-state index contributed by atoms with van der Waals surface area (Å²) in [4.78, 5) is 0. The molecule has 0 aliphatic carbocycles. The summed E-state index contributed by atoms with van der Waals surface area (Å²) in [7, 11) is 0. The third-order valence-electron chi connectivity index (χ3n) is 1.88. The highest BCUT2D eigenvalue weighted by atomic mass is 35.5. The van der Waals surface area contributed by atoms with Crippen LogP contribution in [0.15, 0.2) is 12.1 Å². The van der Waals surface area contributed by atoms with Gasteiger partial charge in [0, 0.05) is 11.6 Å². The maximum atomic E-state index is 5.92. The SMILES string of the molecule is Cc1cc(Cl)c(CN)cc1C. The first kappa shape index (κ1) is 8.57. The van der Waals surface area contributed by atoms with Crippen molar-refractivity contribution in [1.82, 2.24) is 0 Å². The highest BCUT2D eigenvalue weighted by Crippen LogP contribution is 2.19. The molecule has 0 saturated heterocycles. The molecular formula is C9H12ClN. The van der Waals surface area contributed by atoms with E-state index < -0.39 is 0 Å². The zero-order chi connectivity index (χ0) is 8.43. The largest absolute Gasteiger partial charge is 0.326 e. The van der Waals surface area contributed by atoms with E-state index in [1.807, 2.05) is 19.1 Å². The topological polar surface area (TPSA) is 26.0 Å². The molecule has 11 heavy (non-hydrogen) atoms. The normalized spacial score (nSPS) is 10.2. The van der Waals surface area contributed by atoms with E-state index in [9.17, 15) is 0 Å². The Kier molecular flexibility index (Phi) is 2.53. The van der Waals surface area contributed by atoms with Gasteiger partial charge in [-0.05, 0) is 36.6 Å². The number of aryl methyl sites for hydroxylation is 2. The lowest BCUT2D eigenvalue weighted by molar-refractivity contribution is 1.06. The summed E-state index contributed by atoms with van der Waals surface area (Å²) in [6.07, 6.45) is 0. The van der Waals surface area contributed by atoms with Crippen LogP contribution in [-0.4, -0.2) is 0 Å². The fourth-order valence-corrected chi connectivity index (χ4v) is 1.29. The number of hydrogen-bond donors (Lipinski definition) is 1. The van der Waals surface area contributed by atoms with E-state index in [-0.39, 0.29) is 0 Å². The standard InChI is InChI=1S/C9H12ClN/c1-6-3-8(5-11)9(10)4-7(6)2/h3-4H,5,11H2,1-2H3. The summed E-state index contributed by atoms with van der Waals surface area (Å²) in [6.45, 7) is 4.62. The molecular weight excluding hydrogens is 158 g/mol. The summed E-state index contributed by atoms with van der Waals surface area (Å²) in [5, 5.41) is 0.774. The fraction of sp³-hybridized carbons (Fsp3) is 0.333. The molecule has 1 rings (SSSR count). The van der Waals surface area contributed by atoms with Crippen molar-refractivity contribution >= 4 is 11.6 Å². The van der Waals surface area contributed by atoms with Gasteiger partial charge in [-0.2, -0.15) is 0 Å². The Morgan fingerprint density at radius 1 is 1.27 bits per heavy atom. The molecule has 0 radical (unpaired) electrons. The molecule has 1 aromatic carbocycles. The van der Waals surface area contributed by atoms with E-state index in [1.54, 1.807) is 0 Å². The van der Waals surface area contributed by atoms with Gasteiger partial charge >= 0.3 is 0 Å². The summed E-state index contributed by atoms with van der Waals surface area (Å²) >= 11 is 5.92. The second-order valence-corrected chi connectivity index (χ2v) is 3.14. The number of rotatable bonds is 1. The molecule has 0 aromatic heterocycles. The van der Waals surface area contributed by atoms with Crippen LogP contribution in [0, 0.1) is 13.8 Å². The minimum absolute atomic E-state index is 0.514. The second kappa shape index (κ2) is 3.24. The van der Waals surface area contributed by atoms with E-state index in [1.165, 1.54) is 11.1 Å². The first-order valence-electron chi connectivity index (χ1n) is 3.61. The first-order valence-corrected chi connectivity index (χ1v) is 3.98. The fourth-order valence-electron chi connectivity index (χ4n) is 0.997. The van der Waals surface area contributed by atoms with Crippen LogP contribution in [0.2, 0.25) is 5.02 Å². The first-order chi connectivity index (χ1) is 5.15. The molecule has 2 heteroatoms. The lowest BCUT2D eigenvalue weighted by atomic mass is 10.1. The number of hydrogen-bond acceptors (Lipinski definition) is 1. The average Bonchev–Trinajstić information content (AvgIpc) is 1.97. The molecule has 0 aliphatic rings. The van der Waals surface area contributed by atoms with Gasteiger partial charge in [0.25, 0.3) is 0 Å². The van der Waals surface area contributed by atoms with Crippen LogP contribution in [0.25, 0.3) is 0 Å². The zero-order valence-electron chi connectivity index (χ0n) is 6.82. The van der Waals surface area contributed by atoms with E-state index in [4.69, 9.17) is 17.3 Å². The summed E-state index contributed by atoms with van der Waals surface area (Å²) in [5.74, 6) is 0. The highest BCUT2D eigenvalue weighted by molar-refractivity contribution is 6.31. The Bertz CT molecular complexity index is 269. The van der Waals surface area contributed by atoms with Gasteiger partial charge in [-0.25, -0.2) is 0 Å². The zero-order valence-corrected chi connectivity index (χ0v) is 7.57. The molecule has 0 atom stereocenters. The van der Waals surface area contributed by atoms with Crippen LogP contribution in [0.3, 0.4) is 0 Å². The van der Waals surface area contributed by atoms with Crippen LogP contribution in [0.5, 0.6) is 0 Å². The summed E-state index contributed by atoms with van der Waals surface area (Å²) < 4.78 is 0. The molecule has 0 bridgehead atoms. The molecule has 0 amide bonds. The van der Waals surface area contributed by atoms with Gasteiger partial charge in [0.2, 0.25) is 0 Å². The van der Waals surface area contributed by atoms with Crippen LogP contribution >= 0.6 is 11.6 Å². The van der Waals surface area contributed by atoms with Crippen molar-refractivity contribution in [3.63, 3.8) is 0 Å². The van der Waals surface area contributed by atoms with Crippen molar-refractivity contribution in [1.29, 1.82) is 0 Å². The maximum absolute atomic E-state index is 5.92. The van der Waals surface area contributed by atoms with Crippen molar-refractivity contribution in [2.45, 2.75) is 20.4 Å². The van der Waals surface area contributed by atoms with Crippen molar-refractivity contribution in [2.75, 3.05) is 0 Å². The lowest BCUT2D eigenvalue weighted by Crippen LogP contribution is -1.98. The van der Waals surface area contributed by atoms with Crippen molar-refractivity contribution in [3.8, 4) is 0 Å².